The van der Waals surface area contributed by atoms with Gasteiger partial charge in [-0.2, -0.15) is 0 Å². The van der Waals surface area contributed by atoms with E-state index < -0.39 is 11.8 Å². The lowest BCUT2D eigenvalue weighted by Crippen LogP contribution is -2.44. The van der Waals surface area contributed by atoms with Crippen molar-refractivity contribution in [2.24, 2.45) is 5.73 Å². The average molecular weight is 251 g/mol. The molecule has 0 spiro atoms. The monoisotopic (exact) mass is 251 g/mol. The first kappa shape index (κ1) is 12.6. The van der Waals surface area contributed by atoms with Crippen LogP contribution in [0.25, 0.3) is 0 Å². The second-order valence-corrected chi connectivity index (χ2v) is 4.29. The van der Waals surface area contributed by atoms with Gasteiger partial charge in [0, 0.05) is 19.1 Å². The van der Waals surface area contributed by atoms with Gasteiger partial charge in [0.25, 0.3) is 0 Å². The zero-order valence-corrected chi connectivity index (χ0v) is 10.1. The maximum absolute atomic E-state index is 12.0. The fourth-order valence-electron chi connectivity index (χ4n) is 1.72. The van der Waals surface area contributed by atoms with Gasteiger partial charge in [-0.25, -0.2) is 0 Å². The molecular weight excluding hydrogens is 234 g/mol. The van der Waals surface area contributed by atoms with Gasteiger partial charge in [-0.3, -0.25) is 9.59 Å². The molecule has 0 aromatic carbocycles. The van der Waals surface area contributed by atoms with Crippen LogP contribution in [0.5, 0.6) is 0 Å². The molecule has 1 saturated carbocycles. The zero-order chi connectivity index (χ0) is 13.0. The molecule has 6 heteroatoms. The lowest BCUT2D eigenvalue weighted by molar-refractivity contribution is -0.146. The highest BCUT2D eigenvalue weighted by Gasteiger charge is 2.35. The number of amides is 2. The Bertz CT molecular complexity index is 412. The van der Waals surface area contributed by atoms with Crippen LogP contribution >= 0.6 is 0 Å². The molecule has 1 aliphatic rings. The van der Waals surface area contributed by atoms with Crippen LogP contribution in [0.4, 0.5) is 0 Å². The topological polar surface area (TPSA) is 88.6 Å². The van der Waals surface area contributed by atoms with Gasteiger partial charge >= 0.3 is 11.8 Å². The van der Waals surface area contributed by atoms with Gasteiger partial charge < -0.3 is 20.4 Å². The Morgan fingerprint density at radius 2 is 2.28 bits per heavy atom. The number of carbonyl (C=O) groups excluding carboxylic acids is 2. The van der Waals surface area contributed by atoms with E-state index in [2.05, 4.69) is 5.32 Å². The summed E-state index contributed by atoms with van der Waals surface area (Å²) in [5, 5.41) is 2.49. The zero-order valence-electron chi connectivity index (χ0n) is 10.1. The highest BCUT2D eigenvalue weighted by molar-refractivity contribution is 6.35. The normalized spacial score (nSPS) is 14.3. The Hall–Kier alpha value is -1.82. The van der Waals surface area contributed by atoms with Crippen molar-refractivity contribution in [1.82, 2.24) is 10.2 Å². The van der Waals surface area contributed by atoms with Crippen LogP contribution in [0.2, 0.25) is 0 Å². The number of hydrogen-bond acceptors (Lipinski definition) is 4. The summed E-state index contributed by atoms with van der Waals surface area (Å²) in [4.78, 5) is 25.2. The predicted octanol–water partition coefficient (Wildman–Crippen LogP) is -0.155. The summed E-state index contributed by atoms with van der Waals surface area (Å²) in [7, 11) is 0. The molecule has 0 unspecified atom stereocenters. The Balaban J connectivity index is 1.96. The third-order valence-electron chi connectivity index (χ3n) is 2.78. The first-order valence-corrected chi connectivity index (χ1v) is 6.03. The number of nitrogens with one attached hydrogen (secondary N) is 1. The molecule has 2 amide bonds. The fraction of sp³-hybridized carbons (Fsp3) is 0.500. The van der Waals surface area contributed by atoms with E-state index in [1.165, 1.54) is 0 Å². The smallest absolute Gasteiger partial charge is 0.312 e. The highest BCUT2D eigenvalue weighted by Crippen LogP contribution is 2.28. The van der Waals surface area contributed by atoms with Crippen molar-refractivity contribution in [2.45, 2.75) is 25.4 Å². The second kappa shape index (κ2) is 5.68. The van der Waals surface area contributed by atoms with Gasteiger partial charge in [-0.1, -0.05) is 0 Å². The minimum Gasteiger partial charge on any atom is -0.467 e. The molecule has 18 heavy (non-hydrogen) atoms. The molecule has 1 heterocycles. The summed E-state index contributed by atoms with van der Waals surface area (Å²) in [5.74, 6) is -0.428. The third kappa shape index (κ3) is 3.10. The van der Waals surface area contributed by atoms with Crippen molar-refractivity contribution < 1.29 is 14.0 Å². The average Bonchev–Trinajstić information content (AvgIpc) is 3.09. The van der Waals surface area contributed by atoms with Crippen molar-refractivity contribution in [1.29, 1.82) is 0 Å². The van der Waals surface area contributed by atoms with Crippen molar-refractivity contribution in [2.75, 3.05) is 13.1 Å². The van der Waals surface area contributed by atoms with E-state index in [-0.39, 0.29) is 6.04 Å². The standard InChI is InChI=1S/C12H17N3O3/c13-5-6-14-11(16)12(17)15(9-3-4-9)8-10-2-1-7-18-10/h1-2,7,9H,3-6,8,13H2,(H,14,16). The Morgan fingerprint density at radius 3 is 2.83 bits per heavy atom. The molecule has 2 rings (SSSR count). The summed E-state index contributed by atoms with van der Waals surface area (Å²) < 4.78 is 5.21. The summed E-state index contributed by atoms with van der Waals surface area (Å²) in [6.07, 6.45) is 3.44. The summed E-state index contributed by atoms with van der Waals surface area (Å²) >= 11 is 0. The number of nitrogens with two attached hydrogens (primary N) is 1. The van der Waals surface area contributed by atoms with E-state index in [4.69, 9.17) is 10.2 Å². The Kier molecular flexibility index (Phi) is 3.99. The number of furan rings is 1. The Labute approximate surface area is 105 Å². The van der Waals surface area contributed by atoms with Gasteiger partial charge in [-0.05, 0) is 25.0 Å². The summed E-state index contributed by atoms with van der Waals surface area (Å²) in [6.45, 7) is 0.969. The minimum absolute atomic E-state index is 0.159. The molecule has 98 valence electrons. The molecule has 1 fully saturated rings. The van der Waals surface area contributed by atoms with Crippen LogP contribution in [0, 0.1) is 0 Å². The third-order valence-corrected chi connectivity index (χ3v) is 2.78. The minimum atomic E-state index is -0.598. The SMILES string of the molecule is NCCNC(=O)C(=O)N(Cc1ccco1)C1CC1. The Morgan fingerprint density at radius 1 is 1.50 bits per heavy atom. The number of carbonyl (C=O) groups is 2. The van der Waals surface area contributed by atoms with E-state index in [1.807, 2.05) is 0 Å². The number of nitrogens with zero attached hydrogens (tertiary/aromatic N) is 1. The van der Waals surface area contributed by atoms with Gasteiger partial charge in [0.15, 0.2) is 0 Å². The predicted molar refractivity (Wildman–Crippen MR) is 64.3 cm³/mol. The van der Waals surface area contributed by atoms with Crippen molar-refractivity contribution in [3.05, 3.63) is 24.2 Å². The van der Waals surface area contributed by atoms with E-state index in [0.29, 0.717) is 25.4 Å². The van der Waals surface area contributed by atoms with Crippen LogP contribution < -0.4 is 11.1 Å². The molecule has 1 aromatic rings. The second-order valence-electron chi connectivity index (χ2n) is 4.29. The molecule has 0 aliphatic heterocycles. The van der Waals surface area contributed by atoms with Gasteiger partial charge in [0.2, 0.25) is 0 Å². The molecule has 0 atom stereocenters. The molecule has 1 aromatic heterocycles. The quantitative estimate of drug-likeness (QED) is 0.712. The number of rotatable bonds is 5. The molecule has 3 N–H and O–H groups in total. The maximum Gasteiger partial charge on any atom is 0.312 e. The van der Waals surface area contributed by atoms with Crippen molar-refractivity contribution in [3.63, 3.8) is 0 Å². The maximum atomic E-state index is 12.0. The van der Waals surface area contributed by atoms with E-state index in [9.17, 15) is 9.59 Å². The molecule has 0 radical (unpaired) electrons. The van der Waals surface area contributed by atoms with Gasteiger partial charge in [0.1, 0.15) is 5.76 Å². The first-order chi connectivity index (χ1) is 8.72. The summed E-state index contributed by atoms with van der Waals surface area (Å²) in [5.41, 5.74) is 5.28. The van der Waals surface area contributed by atoms with Crippen LogP contribution in [0.3, 0.4) is 0 Å². The van der Waals surface area contributed by atoms with Gasteiger partial charge in [-0.15, -0.1) is 0 Å². The lowest BCUT2D eigenvalue weighted by Gasteiger charge is -2.20. The molecular formula is C12H17N3O3. The largest absolute Gasteiger partial charge is 0.467 e. The molecule has 1 aliphatic carbocycles. The van der Waals surface area contributed by atoms with Crippen LogP contribution in [0.1, 0.15) is 18.6 Å². The lowest BCUT2D eigenvalue weighted by atomic mass is 10.3. The van der Waals surface area contributed by atoms with E-state index in [1.54, 1.807) is 23.3 Å². The molecule has 0 bridgehead atoms. The van der Waals surface area contributed by atoms with E-state index >= 15 is 0 Å². The number of hydrogen-bond donors (Lipinski definition) is 2. The molecule has 6 nitrogen and oxygen atoms in total. The van der Waals surface area contributed by atoms with Crippen LogP contribution in [-0.2, 0) is 16.1 Å². The van der Waals surface area contributed by atoms with E-state index in [0.717, 1.165) is 12.8 Å². The van der Waals surface area contributed by atoms with Crippen molar-refractivity contribution in [3.8, 4) is 0 Å². The fourth-order valence-corrected chi connectivity index (χ4v) is 1.72. The van der Waals surface area contributed by atoms with Crippen LogP contribution in [-0.4, -0.2) is 35.8 Å². The highest BCUT2D eigenvalue weighted by atomic mass is 16.3. The summed E-state index contributed by atoms with van der Waals surface area (Å²) in [6, 6.07) is 3.71. The van der Waals surface area contributed by atoms with Gasteiger partial charge in [0.05, 0.1) is 12.8 Å². The van der Waals surface area contributed by atoms with Crippen molar-refractivity contribution >= 4 is 11.8 Å². The molecule has 0 saturated heterocycles. The van der Waals surface area contributed by atoms with Crippen LogP contribution in [0.15, 0.2) is 22.8 Å². The first-order valence-electron chi connectivity index (χ1n) is 6.03.